The maximum Gasteiger partial charge on any atom is 0.166 e. The van der Waals surface area contributed by atoms with Crippen LogP contribution in [0.15, 0.2) is 30.6 Å². The molecule has 7 heteroatoms. The van der Waals surface area contributed by atoms with Crippen molar-refractivity contribution in [2.24, 2.45) is 0 Å². The SMILES string of the molecule is c1cc(-n2ncc3ccc(N4CCOCC4)nc32)[nH]n1. The van der Waals surface area contributed by atoms with Crippen LogP contribution in [0.2, 0.25) is 0 Å². The van der Waals surface area contributed by atoms with Gasteiger partial charge < -0.3 is 9.64 Å². The predicted molar refractivity (Wildman–Crippen MR) is 74.0 cm³/mol. The van der Waals surface area contributed by atoms with Gasteiger partial charge in [-0.15, -0.1) is 0 Å². The van der Waals surface area contributed by atoms with Crippen LogP contribution >= 0.6 is 0 Å². The van der Waals surface area contributed by atoms with Crippen LogP contribution in [0.5, 0.6) is 0 Å². The van der Waals surface area contributed by atoms with Crippen molar-refractivity contribution >= 4 is 16.9 Å². The first-order chi connectivity index (χ1) is 9.92. The summed E-state index contributed by atoms with van der Waals surface area (Å²) in [7, 11) is 0. The summed E-state index contributed by atoms with van der Waals surface area (Å²) in [6.07, 6.45) is 3.51. The van der Waals surface area contributed by atoms with Gasteiger partial charge in [0.05, 0.1) is 25.6 Å². The molecule has 4 rings (SSSR count). The minimum Gasteiger partial charge on any atom is -0.378 e. The predicted octanol–water partition coefficient (Wildman–Crippen LogP) is 0.980. The zero-order valence-corrected chi connectivity index (χ0v) is 10.9. The average Bonchev–Trinajstić information content (AvgIpc) is 3.16. The van der Waals surface area contributed by atoms with Gasteiger partial charge in [-0.05, 0) is 12.1 Å². The van der Waals surface area contributed by atoms with E-state index in [-0.39, 0.29) is 0 Å². The first-order valence-corrected chi connectivity index (χ1v) is 6.59. The normalized spacial score (nSPS) is 15.9. The maximum absolute atomic E-state index is 5.38. The molecule has 0 aliphatic carbocycles. The first-order valence-electron chi connectivity index (χ1n) is 6.59. The third kappa shape index (κ3) is 1.83. The van der Waals surface area contributed by atoms with Crippen LogP contribution in [-0.4, -0.2) is 51.3 Å². The summed E-state index contributed by atoms with van der Waals surface area (Å²) in [6.45, 7) is 3.24. The largest absolute Gasteiger partial charge is 0.378 e. The van der Waals surface area contributed by atoms with Gasteiger partial charge in [0.25, 0.3) is 0 Å². The summed E-state index contributed by atoms with van der Waals surface area (Å²) in [6, 6.07) is 5.95. The maximum atomic E-state index is 5.38. The molecule has 4 heterocycles. The molecular formula is C13H14N6O. The number of hydrogen-bond acceptors (Lipinski definition) is 5. The molecule has 0 unspecified atom stereocenters. The molecule has 20 heavy (non-hydrogen) atoms. The molecule has 1 aliphatic rings. The number of hydrogen-bond donors (Lipinski definition) is 1. The number of nitrogens with zero attached hydrogens (tertiary/aromatic N) is 5. The molecule has 7 nitrogen and oxygen atoms in total. The molecule has 3 aromatic heterocycles. The Morgan fingerprint density at radius 2 is 2.05 bits per heavy atom. The molecule has 0 atom stereocenters. The molecule has 0 radical (unpaired) electrons. The Balaban J connectivity index is 1.79. The molecule has 1 N–H and O–H groups in total. The Morgan fingerprint density at radius 1 is 1.15 bits per heavy atom. The highest BCUT2D eigenvalue weighted by Crippen LogP contribution is 2.20. The summed E-state index contributed by atoms with van der Waals surface area (Å²) >= 11 is 0. The van der Waals surface area contributed by atoms with Gasteiger partial charge in [-0.2, -0.15) is 14.9 Å². The summed E-state index contributed by atoms with van der Waals surface area (Å²) in [4.78, 5) is 6.97. The van der Waals surface area contributed by atoms with Gasteiger partial charge in [0.2, 0.25) is 0 Å². The molecule has 1 saturated heterocycles. The summed E-state index contributed by atoms with van der Waals surface area (Å²) in [5.41, 5.74) is 0.832. The second kappa shape index (κ2) is 4.61. The van der Waals surface area contributed by atoms with E-state index in [9.17, 15) is 0 Å². The lowest BCUT2D eigenvalue weighted by atomic mass is 10.3. The number of rotatable bonds is 2. The van der Waals surface area contributed by atoms with E-state index in [0.29, 0.717) is 0 Å². The molecule has 1 fully saturated rings. The van der Waals surface area contributed by atoms with Crippen molar-refractivity contribution in [1.82, 2.24) is 25.0 Å². The van der Waals surface area contributed by atoms with Gasteiger partial charge >= 0.3 is 0 Å². The monoisotopic (exact) mass is 270 g/mol. The van der Waals surface area contributed by atoms with E-state index in [1.165, 1.54) is 0 Å². The third-order valence-electron chi connectivity index (χ3n) is 3.45. The van der Waals surface area contributed by atoms with Crippen molar-refractivity contribution in [2.75, 3.05) is 31.2 Å². The molecule has 3 aromatic rings. The van der Waals surface area contributed by atoms with Crippen molar-refractivity contribution in [3.63, 3.8) is 0 Å². The van der Waals surface area contributed by atoms with Crippen LogP contribution in [0.4, 0.5) is 5.82 Å². The average molecular weight is 270 g/mol. The van der Waals surface area contributed by atoms with E-state index in [1.807, 2.05) is 24.4 Å². The molecule has 0 amide bonds. The Hall–Kier alpha value is -2.41. The van der Waals surface area contributed by atoms with E-state index in [4.69, 9.17) is 9.72 Å². The molecule has 0 bridgehead atoms. The minimum absolute atomic E-state index is 0.750. The fraction of sp³-hybridized carbons (Fsp3) is 0.308. The lowest BCUT2D eigenvalue weighted by molar-refractivity contribution is 0.122. The van der Waals surface area contributed by atoms with E-state index in [1.54, 1.807) is 10.9 Å². The number of morpholine rings is 1. The van der Waals surface area contributed by atoms with Crippen molar-refractivity contribution in [2.45, 2.75) is 0 Å². The summed E-state index contributed by atoms with van der Waals surface area (Å²) in [5.74, 6) is 1.77. The van der Waals surface area contributed by atoms with Crippen LogP contribution in [0, 0.1) is 0 Å². The second-order valence-corrected chi connectivity index (χ2v) is 4.68. The van der Waals surface area contributed by atoms with Crippen LogP contribution in [0.1, 0.15) is 0 Å². The second-order valence-electron chi connectivity index (χ2n) is 4.68. The van der Waals surface area contributed by atoms with Crippen molar-refractivity contribution in [3.8, 4) is 5.82 Å². The minimum atomic E-state index is 0.750. The zero-order valence-electron chi connectivity index (χ0n) is 10.9. The fourth-order valence-corrected chi connectivity index (χ4v) is 2.41. The number of nitrogens with one attached hydrogen (secondary N) is 1. The van der Waals surface area contributed by atoms with Crippen LogP contribution in [0.3, 0.4) is 0 Å². The van der Waals surface area contributed by atoms with Gasteiger partial charge in [0, 0.05) is 24.5 Å². The molecule has 102 valence electrons. The van der Waals surface area contributed by atoms with Crippen LogP contribution in [0.25, 0.3) is 16.9 Å². The van der Waals surface area contributed by atoms with Crippen molar-refractivity contribution in [3.05, 3.63) is 30.6 Å². The summed E-state index contributed by atoms with van der Waals surface area (Å²) < 4.78 is 7.15. The highest BCUT2D eigenvalue weighted by molar-refractivity contribution is 5.78. The van der Waals surface area contributed by atoms with E-state index in [2.05, 4.69) is 20.2 Å². The van der Waals surface area contributed by atoms with Crippen molar-refractivity contribution < 1.29 is 4.74 Å². The lowest BCUT2D eigenvalue weighted by Crippen LogP contribution is -2.36. The van der Waals surface area contributed by atoms with Gasteiger partial charge in [-0.1, -0.05) is 0 Å². The Morgan fingerprint density at radius 3 is 2.85 bits per heavy atom. The number of fused-ring (bicyclic) bond motifs is 1. The zero-order chi connectivity index (χ0) is 13.4. The van der Waals surface area contributed by atoms with Gasteiger partial charge in [-0.25, -0.2) is 4.98 Å². The molecule has 1 aliphatic heterocycles. The number of anilines is 1. The highest BCUT2D eigenvalue weighted by atomic mass is 16.5. The smallest absolute Gasteiger partial charge is 0.166 e. The molecular weight excluding hydrogens is 256 g/mol. The van der Waals surface area contributed by atoms with E-state index in [0.717, 1.165) is 49.0 Å². The molecule has 0 spiro atoms. The van der Waals surface area contributed by atoms with E-state index < -0.39 is 0 Å². The fourth-order valence-electron chi connectivity index (χ4n) is 2.41. The van der Waals surface area contributed by atoms with Gasteiger partial charge in [-0.3, -0.25) is 5.10 Å². The quantitative estimate of drug-likeness (QED) is 0.751. The topological polar surface area (TPSA) is 71.9 Å². The van der Waals surface area contributed by atoms with Crippen molar-refractivity contribution in [1.29, 1.82) is 0 Å². The van der Waals surface area contributed by atoms with Crippen LogP contribution < -0.4 is 4.90 Å². The standard InChI is InChI=1S/C13H14N6O/c1-2-11(18-5-7-20-8-6-18)16-13-10(1)9-15-19(13)12-3-4-14-17-12/h1-4,9H,5-8H2,(H,14,17). The van der Waals surface area contributed by atoms with Crippen LogP contribution in [-0.2, 0) is 4.74 Å². The number of H-pyrrole nitrogens is 1. The highest BCUT2D eigenvalue weighted by Gasteiger charge is 2.14. The number of ether oxygens (including phenoxy) is 1. The Bertz CT molecular complexity index is 714. The third-order valence-corrected chi connectivity index (χ3v) is 3.45. The molecule has 0 aromatic carbocycles. The summed E-state index contributed by atoms with van der Waals surface area (Å²) in [5, 5.41) is 12.2. The number of pyridine rings is 1. The number of aromatic nitrogens is 5. The molecule has 0 saturated carbocycles. The first kappa shape index (κ1) is 11.4. The Kier molecular flexibility index (Phi) is 2.63. The number of aromatic amines is 1. The lowest BCUT2D eigenvalue weighted by Gasteiger charge is -2.27. The van der Waals surface area contributed by atoms with Gasteiger partial charge in [0.1, 0.15) is 5.82 Å². The van der Waals surface area contributed by atoms with Gasteiger partial charge in [0.15, 0.2) is 11.5 Å². The van der Waals surface area contributed by atoms with E-state index >= 15 is 0 Å². The Labute approximate surface area is 115 Å².